The summed E-state index contributed by atoms with van der Waals surface area (Å²) >= 11 is 0. The first-order valence-electron chi connectivity index (χ1n) is 8.98. The van der Waals surface area contributed by atoms with Crippen LogP contribution in [-0.2, 0) is 11.2 Å². The second-order valence-electron chi connectivity index (χ2n) is 6.73. The lowest BCUT2D eigenvalue weighted by Gasteiger charge is -2.32. The second-order valence-corrected chi connectivity index (χ2v) is 6.73. The van der Waals surface area contributed by atoms with Gasteiger partial charge in [-0.3, -0.25) is 14.5 Å². The molecule has 2 N–H and O–H groups in total. The molecule has 2 aromatic carbocycles. The zero-order valence-corrected chi connectivity index (χ0v) is 15.3. The van der Waals surface area contributed by atoms with Crippen molar-refractivity contribution >= 4 is 17.5 Å². The molecule has 136 valence electrons. The van der Waals surface area contributed by atoms with Gasteiger partial charge in [-0.05, 0) is 55.6 Å². The van der Waals surface area contributed by atoms with Crippen LogP contribution < -0.4 is 10.6 Å². The first-order chi connectivity index (χ1) is 12.6. The SMILES string of the molecule is CNC(=O)c1cccc(NC(=O)CN(C)[C@H]2CCCc3ccccc32)c1. The number of hydrogen-bond acceptors (Lipinski definition) is 3. The topological polar surface area (TPSA) is 61.4 Å². The summed E-state index contributed by atoms with van der Waals surface area (Å²) in [5.41, 5.74) is 3.87. The first kappa shape index (κ1) is 18.1. The molecule has 5 nitrogen and oxygen atoms in total. The molecule has 0 saturated carbocycles. The van der Waals surface area contributed by atoms with Gasteiger partial charge >= 0.3 is 0 Å². The van der Waals surface area contributed by atoms with Gasteiger partial charge in [0.15, 0.2) is 0 Å². The highest BCUT2D eigenvalue weighted by Crippen LogP contribution is 2.33. The van der Waals surface area contributed by atoms with Crippen molar-refractivity contribution in [3.05, 3.63) is 65.2 Å². The standard InChI is InChI=1S/C21H25N3O2/c1-22-21(26)16-9-5-10-17(13-16)23-20(25)14-24(2)19-12-6-8-15-7-3-4-11-18(15)19/h3-5,7,9-11,13,19H,6,8,12,14H2,1-2H3,(H,22,26)(H,23,25)/t19-/m0/s1. The van der Waals surface area contributed by atoms with Gasteiger partial charge in [-0.25, -0.2) is 0 Å². The minimum Gasteiger partial charge on any atom is -0.355 e. The molecule has 0 fully saturated rings. The lowest BCUT2D eigenvalue weighted by atomic mass is 9.87. The molecular weight excluding hydrogens is 326 g/mol. The van der Waals surface area contributed by atoms with Gasteiger partial charge in [0.05, 0.1) is 6.54 Å². The van der Waals surface area contributed by atoms with Gasteiger partial charge in [-0.15, -0.1) is 0 Å². The number of nitrogens with zero attached hydrogens (tertiary/aromatic N) is 1. The van der Waals surface area contributed by atoms with Crippen molar-refractivity contribution in [1.29, 1.82) is 0 Å². The fourth-order valence-electron chi connectivity index (χ4n) is 3.61. The number of carbonyl (C=O) groups is 2. The Bertz CT molecular complexity index is 803. The van der Waals surface area contributed by atoms with E-state index < -0.39 is 0 Å². The van der Waals surface area contributed by atoms with E-state index in [-0.39, 0.29) is 17.9 Å². The number of likely N-dealkylation sites (N-methyl/N-ethyl adjacent to an activating group) is 1. The van der Waals surface area contributed by atoms with Crippen molar-refractivity contribution in [3.63, 3.8) is 0 Å². The third-order valence-electron chi connectivity index (χ3n) is 4.90. The van der Waals surface area contributed by atoms with Crippen LogP contribution >= 0.6 is 0 Å². The van der Waals surface area contributed by atoms with Crippen molar-refractivity contribution in [2.45, 2.75) is 25.3 Å². The number of anilines is 1. The summed E-state index contributed by atoms with van der Waals surface area (Å²) in [6.45, 7) is 0.309. The number of benzene rings is 2. The lowest BCUT2D eigenvalue weighted by molar-refractivity contribution is -0.117. The normalized spacial score (nSPS) is 16.0. The van der Waals surface area contributed by atoms with Gasteiger partial charge in [-0.2, -0.15) is 0 Å². The quantitative estimate of drug-likeness (QED) is 0.870. The molecule has 0 heterocycles. The maximum atomic E-state index is 12.5. The Labute approximate surface area is 154 Å². The average molecular weight is 351 g/mol. The molecule has 0 unspecified atom stereocenters. The van der Waals surface area contributed by atoms with Gasteiger partial charge in [0.25, 0.3) is 5.91 Å². The maximum Gasteiger partial charge on any atom is 0.251 e. The van der Waals surface area contributed by atoms with Crippen LogP contribution in [0.5, 0.6) is 0 Å². The monoisotopic (exact) mass is 351 g/mol. The Kier molecular flexibility index (Phi) is 5.68. The second kappa shape index (κ2) is 8.15. The van der Waals surface area contributed by atoms with Gasteiger partial charge in [0.1, 0.15) is 0 Å². The molecule has 0 aromatic heterocycles. The lowest BCUT2D eigenvalue weighted by Crippen LogP contribution is -2.35. The van der Waals surface area contributed by atoms with E-state index in [1.165, 1.54) is 11.1 Å². The molecule has 1 aliphatic rings. The number of hydrogen-bond donors (Lipinski definition) is 2. The molecular formula is C21H25N3O2. The molecule has 0 radical (unpaired) electrons. The largest absolute Gasteiger partial charge is 0.355 e. The number of rotatable bonds is 5. The zero-order chi connectivity index (χ0) is 18.5. The van der Waals surface area contributed by atoms with E-state index in [9.17, 15) is 9.59 Å². The number of fused-ring (bicyclic) bond motifs is 1. The molecule has 0 aliphatic heterocycles. The highest BCUT2D eigenvalue weighted by Gasteiger charge is 2.24. The van der Waals surface area contributed by atoms with Gasteiger partial charge in [0.2, 0.25) is 5.91 Å². The van der Waals surface area contributed by atoms with Crippen LogP contribution in [0.25, 0.3) is 0 Å². The van der Waals surface area contributed by atoms with Crippen molar-refractivity contribution in [3.8, 4) is 0 Å². The molecule has 3 rings (SSSR count). The molecule has 0 spiro atoms. The van der Waals surface area contributed by atoms with Crippen molar-refractivity contribution in [2.24, 2.45) is 0 Å². The van der Waals surface area contributed by atoms with Crippen molar-refractivity contribution < 1.29 is 9.59 Å². The molecule has 0 saturated heterocycles. The number of nitrogens with one attached hydrogen (secondary N) is 2. The predicted octanol–water partition coefficient (Wildman–Crippen LogP) is 2.99. The Balaban J connectivity index is 1.65. The van der Waals surface area contributed by atoms with Crippen LogP contribution in [0, 0.1) is 0 Å². The summed E-state index contributed by atoms with van der Waals surface area (Å²) in [6, 6.07) is 15.7. The smallest absolute Gasteiger partial charge is 0.251 e. The van der Waals surface area contributed by atoms with Gasteiger partial charge < -0.3 is 10.6 Å². The predicted molar refractivity (Wildman–Crippen MR) is 103 cm³/mol. The van der Waals surface area contributed by atoms with Crippen LogP contribution in [-0.4, -0.2) is 37.4 Å². The van der Waals surface area contributed by atoms with Gasteiger partial charge in [-0.1, -0.05) is 30.3 Å². The molecule has 26 heavy (non-hydrogen) atoms. The highest BCUT2D eigenvalue weighted by atomic mass is 16.2. The van der Waals surface area contributed by atoms with E-state index >= 15 is 0 Å². The van der Waals surface area contributed by atoms with Crippen molar-refractivity contribution in [2.75, 3.05) is 26.0 Å². The number of aryl methyl sites for hydroxylation is 1. The van der Waals surface area contributed by atoms with E-state index in [4.69, 9.17) is 0 Å². The summed E-state index contributed by atoms with van der Waals surface area (Å²) in [7, 11) is 3.58. The van der Waals surface area contributed by atoms with Crippen LogP contribution in [0.1, 0.15) is 40.4 Å². The van der Waals surface area contributed by atoms with Crippen LogP contribution in [0.3, 0.4) is 0 Å². The number of amides is 2. The Hall–Kier alpha value is -2.66. The average Bonchev–Trinajstić information content (AvgIpc) is 2.66. The van der Waals surface area contributed by atoms with E-state index in [0.29, 0.717) is 17.8 Å². The minimum atomic E-state index is -0.169. The molecule has 2 amide bonds. The van der Waals surface area contributed by atoms with Crippen LogP contribution in [0.2, 0.25) is 0 Å². The summed E-state index contributed by atoms with van der Waals surface area (Å²) < 4.78 is 0. The molecule has 0 bridgehead atoms. The van der Waals surface area contributed by atoms with E-state index in [1.807, 2.05) is 7.05 Å². The fraction of sp³-hybridized carbons (Fsp3) is 0.333. The third kappa shape index (κ3) is 4.11. The van der Waals surface area contributed by atoms with E-state index in [0.717, 1.165) is 19.3 Å². The molecule has 1 aliphatic carbocycles. The van der Waals surface area contributed by atoms with E-state index in [2.05, 4.69) is 39.8 Å². The summed E-state index contributed by atoms with van der Waals surface area (Å²) in [4.78, 5) is 26.3. The van der Waals surface area contributed by atoms with Crippen LogP contribution in [0.15, 0.2) is 48.5 Å². The first-order valence-corrected chi connectivity index (χ1v) is 8.98. The summed E-state index contributed by atoms with van der Waals surface area (Å²) in [6.07, 6.45) is 3.31. The number of carbonyl (C=O) groups excluding carboxylic acids is 2. The molecule has 5 heteroatoms. The highest BCUT2D eigenvalue weighted by molar-refractivity contribution is 5.97. The fourth-order valence-corrected chi connectivity index (χ4v) is 3.61. The maximum absolute atomic E-state index is 12.5. The Morgan fingerprint density at radius 3 is 2.77 bits per heavy atom. The summed E-state index contributed by atoms with van der Waals surface area (Å²) in [5, 5.41) is 5.48. The zero-order valence-electron chi connectivity index (χ0n) is 15.3. The van der Waals surface area contributed by atoms with Crippen LogP contribution in [0.4, 0.5) is 5.69 Å². The minimum absolute atomic E-state index is 0.0791. The van der Waals surface area contributed by atoms with Gasteiger partial charge in [0, 0.05) is 24.3 Å². The summed E-state index contributed by atoms with van der Waals surface area (Å²) in [5.74, 6) is -0.248. The molecule has 1 atom stereocenters. The Morgan fingerprint density at radius 2 is 1.96 bits per heavy atom. The van der Waals surface area contributed by atoms with E-state index in [1.54, 1.807) is 31.3 Å². The Morgan fingerprint density at radius 1 is 1.15 bits per heavy atom. The van der Waals surface area contributed by atoms with Crippen molar-refractivity contribution in [1.82, 2.24) is 10.2 Å². The molecule has 2 aromatic rings. The third-order valence-corrected chi connectivity index (χ3v) is 4.90.